The molecule has 1 aromatic heterocycles. The third kappa shape index (κ3) is 4.70. The van der Waals surface area contributed by atoms with Crippen molar-refractivity contribution in [1.29, 1.82) is 0 Å². The van der Waals surface area contributed by atoms with Gasteiger partial charge in [0.15, 0.2) is 5.11 Å². The molecule has 0 unspecified atom stereocenters. The zero-order chi connectivity index (χ0) is 22.7. The zero-order valence-corrected chi connectivity index (χ0v) is 18.6. The molecular weight excluding hydrogens is 442 g/mol. The summed E-state index contributed by atoms with van der Waals surface area (Å²) in [5.41, 5.74) is 10.1. The maximum Gasteiger partial charge on any atom is 0.238 e. The van der Waals surface area contributed by atoms with Crippen LogP contribution in [0.15, 0.2) is 95.9 Å². The van der Waals surface area contributed by atoms with E-state index in [2.05, 4.69) is 0 Å². The van der Waals surface area contributed by atoms with Gasteiger partial charge in [0.05, 0.1) is 28.5 Å². The fourth-order valence-corrected chi connectivity index (χ4v) is 4.05. The molecule has 4 aromatic rings. The lowest BCUT2D eigenvalue weighted by Gasteiger charge is -2.21. The van der Waals surface area contributed by atoms with Crippen LogP contribution >= 0.6 is 12.2 Å². The molecule has 0 aliphatic rings. The van der Waals surface area contributed by atoms with Gasteiger partial charge in [0, 0.05) is 11.3 Å². The molecule has 7 nitrogen and oxygen atoms in total. The fourth-order valence-electron chi connectivity index (χ4n) is 3.36. The van der Waals surface area contributed by atoms with E-state index in [0.29, 0.717) is 12.2 Å². The van der Waals surface area contributed by atoms with Crippen LogP contribution in [-0.4, -0.2) is 23.3 Å². The largest absolute Gasteiger partial charge is 0.376 e. The standard InChI is InChI=1S/C23H21N5O2S2/c24-23(31)27(19-9-5-2-6-10-19)16-18-15-22(17-7-3-1-4-8-17)28(26-18)20-11-13-21(14-12-20)32(25,29)30/h1-15H,16H2,(H2,24,31)(H2,25,29,30). The van der Waals surface area contributed by atoms with Gasteiger partial charge in [-0.1, -0.05) is 48.5 Å². The highest BCUT2D eigenvalue weighted by molar-refractivity contribution is 7.89. The Morgan fingerprint density at radius 1 is 0.938 bits per heavy atom. The molecule has 162 valence electrons. The maximum absolute atomic E-state index is 11.6. The number of rotatable bonds is 6. The van der Waals surface area contributed by atoms with Gasteiger partial charge in [0.2, 0.25) is 10.0 Å². The third-order valence-electron chi connectivity index (χ3n) is 4.89. The summed E-state index contributed by atoms with van der Waals surface area (Å²) in [6, 6.07) is 27.7. The fraction of sp³-hybridized carbons (Fsp3) is 0.0435. The molecule has 0 aliphatic heterocycles. The van der Waals surface area contributed by atoms with Gasteiger partial charge in [-0.15, -0.1) is 0 Å². The van der Waals surface area contributed by atoms with Crippen LogP contribution in [0.2, 0.25) is 0 Å². The lowest BCUT2D eigenvalue weighted by Crippen LogP contribution is -2.35. The van der Waals surface area contributed by atoms with Crippen LogP contribution < -0.4 is 15.8 Å². The summed E-state index contributed by atoms with van der Waals surface area (Å²) in [6.07, 6.45) is 0. The molecule has 0 radical (unpaired) electrons. The monoisotopic (exact) mass is 463 g/mol. The normalized spacial score (nSPS) is 11.3. The van der Waals surface area contributed by atoms with E-state index in [9.17, 15) is 8.42 Å². The highest BCUT2D eigenvalue weighted by Crippen LogP contribution is 2.26. The summed E-state index contributed by atoms with van der Waals surface area (Å²) in [4.78, 5) is 1.85. The van der Waals surface area contributed by atoms with Crippen LogP contribution in [-0.2, 0) is 16.6 Å². The first-order chi connectivity index (χ1) is 15.3. The van der Waals surface area contributed by atoms with E-state index < -0.39 is 10.0 Å². The summed E-state index contributed by atoms with van der Waals surface area (Å²) < 4.78 is 25.0. The highest BCUT2D eigenvalue weighted by Gasteiger charge is 2.17. The highest BCUT2D eigenvalue weighted by atomic mass is 32.2. The zero-order valence-electron chi connectivity index (χ0n) is 17.0. The molecule has 0 atom stereocenters. The van der Waals surface area contributed by atoms with Crippen molar-refractivity contribution in [2.45, 2.75) is 11.4 Å². The van der Waals surface area contributed by atoms with Crippen LogP contribution in [0.25, 0.3) is 16.9 Å². The van der Waals surface area contributed by atoms with Gasteiger partial charge in [-0.2, -0.15) is 5.10 Å². The van der Waals surface area contributed by atoms with Crippen molar-refractivity contribution in [2.24, 2.45) is 10.9 Å². The number of hydrogen-bond acceptors (Lipinski definition) is 4. The predicted octanol–water partition coefficient (Wildman–Crippen LogP) is 3.44. The van der Waals surface area contributed by atoms with Crippen molar-refractivity contribution in [2.75, 3.05) is 4.90 Å². The molecule has 4 rings (SSSR count). The Bertz CT molecular complexity index is 1340. The number of nitrogens with two attached hydrogens (primary N) is 2. The molecule has 0 amide bonds. The summed E-state index contributed by atoms with van der Waals surface area (Å²) in [6.45, 7) is 0.376. The number of benzene rings is 3. The molecule has 9 heteroatoms. The van der Waals surface area contributed by atoms with E-state index >= 15 is 0 Å². The van der Waals surface area contributed by atoms with Crippen molar-refractivity contribution in [1.82, 2.24) is 9.78 Å². The Labute approximate surface area is 191 Å². The SMILES string of the molecule is NC(=S)N(Cc1cc(-c2ccccc2)n(-c2ccc(S(N)(=O)=O)cc2)n1)c1ccccc1. The van der Waals surface area contributed by atoms with Crippen molar-refractivity contribution in [3.05, 3.63) is 96.7 Å². The van der Waals surface area contributed by atoms with Gasteiger partial charge in [-0.05, 0) is 54.7 Å². The number of anilines is 1. The van der Waals surface area contributed by atoms with Gasteiger partial charge < -0.3 is 10.6 Å². The number of aromatic nitrogens is 2. The molecule has 1 heterocycles. The molecule has 0 bridgehead atoms. The van der Waals surface area contributed by atoms with E-state index in [4.69, 9.17) is 28.2 Å². The number of para-hydroxylation sites is 1. The third-order valence-corrected chi connectivity index (χ3v) is 6.04. The molecule has 0 spiro atoms. The minimum atomic E-state index is -3.78. The van der Waals surface area contributed by atoms with E-state index in [1.54, 1.807) is 21.7 Å². The molecule has 4 N–H and O–H groups in total. The van der Waals surface area contributed by atoms with E-state index in [0.717, 1.165) is 22.6 Å². The number of hydrogen-bond donors (Lipinski definition) is 2. The summed E-state index contributed by atoms with van der Waals surface area (Å²) in [7, 11) is -3.78. The van der Waals surface area contributed by atoms with Gasteiger partial charge in [-0.3, -0.25) is 0 Å². The number of sulfonamides is 1. The lowest BCUT2D eigenvalue weighted by molar-refractivity contribution is 0.598. The van der Waals surface area contributed by atoms with E-state index in [1.165, 1.54) is 12.1 Å². The van der Waals surface area contributed by atoms with Crippen molar-refractivity contribution in [3.63, 3.8) is 0 Å². The molecule has 32 heavy (non-hydrogen) atoms. The summed E-state index contributed by atoms with van der Waals surface area (Å²) >= 11 is 5.27. The first kappa shape index (κ1) is 21.7. The van der Waals surface area contributed by atoms with Crippen LogP contribution in [0.3, 0.4) is 0 Å². The van der Waals surface area contributed by atoms with Crippen LogP contribution in [0, 0.1) is 0 Å². The van der Waals surface area contributed by atoms with E-state index in [1.807, 2.05) is 66.7 Å². The summed E-state index contributed by atoms with van der Waals surface area (Å²) in [5, 5.41) is 10.2. The Kier molecular flexibility index (Phi) is 6.04. The molecule has 0 aliphatic carbocycles. The maximum atomic E-state index is 11.6. The summed E-state index contributed by atoms with van der Waals surface area (Å²) in [5.74, 6) is 0. The van der Waals surface area contributed by atoms with Crippen LogP contribution in [0.5, 0.6) is 0 Å². The molecule has 3 aromatic carbocycles. The minimum absolute atomic E-state index is 0.0404. The quantitative estimate of drug-likeness (QED) is 0.424. The Morgan fingerprint density at radius 3 is 2.09 bits per heavy atom. The van der Waals surface area contributed by atoms with Crippen molar-refractivity contribution < 1.29 is 8.42 Å². The average Bonchev–Trinajstić information content (AvgIpc) is 3.22. The average molecular weight is 464 g/mol. The Hall–Kier alpha value is -3.53. The number of nitrogens with zero attached hydrogens (tertiary/aromatic N) is 3. The number of primary sulfonamides is 1. The minimum Gasteiger partial charge on any atom is -0.376 e. The van der Waals surface area contributed by atoms with Gasteiger partial charge >= 0.3 is 0 Å². The van der Waals surface area contributed by atoms with Gasteiger partial charge in [0.25, 0.3) is 0 Å². The molecule has 0 fully saturated rings. The number of thiocarbonyl (C=S) groups is 1. The first-order valence-electron chi connectivity index (χ1n) is 9.72. The van der Waals surface area contributed by atoms with Crippen molar-refractivity contribution >= 4 is 33.0 Å². The Balaban J connectivity index is 1.77. The smallest absolute Gasteiger partial charge is 0.238 e. The molecular formula is C23H21N5O2S2. The topological polar surface area (TPSA) is 107 Å². The Morgan fingerprint density at radius 2 is 1.53 bits per heavy atom. The predicted molar refractivity (Wildman–Crippen MR) is 130 cm³/mol. The van der Waals surface area contributed by atoms with Gasteiger partial charge in [-0.25, -0.2) is 18.2 Å². The second kappa shape index (κ2) is 8.91. The first-order valence-corrected chi connectivity index (χ1v) is 11.7. The van der Waals surface area contributed by atoms with Crippen LogP contribution in [0.4, 0.5) is 5.69 Å². The van der Waals surface area contributed by atoms with Crippen LogP contribution in [0.1, 0.15) is 5.69 Å². The lowest BCUT2D eigenvalue weighted by atomic mass is 10.1. The molecule has 0 saturated heterocycles. The second-order valence-electron chi connectivity index (χ2n) is 7.10. The van der Waals surface area contributed by atoms with Gasteiger partial charge in [0.1, 0.15) is 0 Å². The second-order valence-corrected chi connectivity index (χ2v) is 9.08. The molecule has 0 saturated carbocycles. The van der Waals surface area contributed by atoms with E-state index in [-0.39, 0.29) is 10.0 Å². The van der Waals surface area contributed by atoms with Crippen molar-refractivity contribution in [3.8, 4) is 16.9 Å².